The molecule has 1 aromatic rings. The van der Waals surface area contributed by atoms with Crippen LogP contribution in [0.1, 0.15) is 49.4 Å². The topological polar surface area (TPSA) is 89.3 Å². The van der Waals surface area contributed by atoms with E-state index in [9.17, 15) is 14.0 Å². The minimum atomic E-state index is -0.535. The minimum Gasteiger partial charge on any atom is -0.364 e. The molecule has 30 heavy (non-hydrogen) atoms. The van der Waals surface area contributed by atoms with Crippen LogP contribution in [0.4, 0.5) is 4.39 Å². The number of aromatic amines is 1. The fourth-order valence-corrected chi connectivity index (χ4v) is 4.70. The predicted octanol–water partition coefficient (Wildman–Crippen LogP) is 1.46. The van der Waals surface area contributed by atoms with Gasteiger partial charge in [0.1, 0.15) is 12.7 Å². The molecular weight excluding hydrogens is 385 g/mol. The van der Waals surface area contributed by atoms with Gasteiger partial charge in [0.05, 0.1) is 12.1 Å². The molecule has 8 heteroatoms. The number of likely N-dealkylation sites (N-methyl/N-ethyl adjacent to an activating group) is 1. The van der Waals surface area contributed by atoms with E-state index in [0.717, 1.165) is 29.8 Å². The second-order valence-electron chi connectivity index (χ2n) is 8.25. The van der Waals surface area contributed by atoms with Crippen molar-refractivity contribution in [2.75, 3.05) is 26.8 Å². The van der Waals surface area contributed by atoms with Gasteiger partial charge in [-0.05, 0) is 44.9 Å². The smallest absolute Gasteiger partial charge is 0.245 e. The van der Waals surface area contributed by atoms with Crippen LogP contribution in [0.15, 0.2) is 12.3 Å². The van der Waals surface area contributed by atoms with Gasteiger partial charge in [0.25, 0.3) is 0 Å². The fourth-order valence-electron chi connectivity index (χ4n) is 4.70. The van der Waals surface area contributed by atoms with Gasteiger partial charge in [0.2, 0.25) is 11.8 Å². The fraction of sp³-hybridized carbons (Fsp3) is 0.636. The van der Waals surface area contributed by atoms with Gasteiger partial charge < -0.3 is 25.8 Å². The molecule has 4 N–H and O–H groups in total. The maximum atomic E-state index is 13.4. The molecule has 5 atom stereocenters. The molecule has 7 nitrogen and oxygen atoms in total. The number of H-pyrrole nitrogens is 1. The first-order chi connectivity index (χ1) is 14.4. The molecule has 0 aromatic carbocycles. The van der Waals surface area contributed by atoms with Crippen LogP contribution in [0, 0.1) is 6.92 Å². The molecular formula is C22H34FN5O2. The van der Waals surface area contributed by atoms with Crippen molar-refractivity contribution < 1.29 is 14.0 Å². The highest BCUT2D eigenvalue weighted by Gasteiger charge is 2.48. The standard InChI is InChI=1S/C22H34FN5O2/c1-5-18(27-21(29)14(3)24-4)22(30)28-10-8-19-20(28)17(12-26-19)16-11-25-13(2)15(16)7-6-9-23/h6-7,11,14,17-20,24-26H,5,8-10,12H2,1-4H3,(H,27,29). The molecule has 0 saturated carbocycles. The van der Waals surface area contributed by atoms with Crippen LogP contribution < -0.4 is 16.0 Å². The highest BCUT2D eigenvalue weighted by Crippen LogP contribution is 2.38. The summed E-state index contributed by atoms with van der Waals surface area (Å²) in [6.45, 7) is 6.60. The van der Waals surface area contributed by atoms with E-state index in [0.29, 0.717) is 13.0 Å². The summed E-state index contributed by atoms with van der Waals surface area (Å²) in [6, 6.07) is -0.631. The Balaban J connectivity index is 1.82. The molecule has 0 bridgehead atoms. The second kappa shape index (κ2) is 9.75. The molecule has 1 aromatic heterocycles. The maximum absolute atomic E-state index is 13.4. The maximum Gasteiger partial charge on any atom is 0.245 e. The normalized spacial score (nSPS) is 25.5. The van der Waals surface area contributed by atoms with Crippen molar-refractivity contribution in [1.82, 2.24) is 25.8 Å². The van der Waals surface area contributed by atoms with E-state index in [4.69, 9.17) is 0 Å². The molecule has 0 spiro atoms. The number of likely N-dealkylation sites (tertiary alicyclic amines) is 1. The molecule has 3 rings (SSSR count). The van der Waals surface area contributed by atoms with E-state index in [-0.39, 0.29) is 35.9 Å². The summed E-state index contributed by atoms with van der Waals surface area (Å²) >= 11 is 0. The number of halogens is 1. The number of rotatable bonds is 8. The minimum absolute atomic E-state index is 0.0246. The number of amides is 2. The monoisotopic (exact) mass is 419 g/mol. The Labute approximate surface area is 177 Å². The summed E-state index contributed by atoms with van der Waals surface area (Å²) in [7, 11) is 1.72. The number of hydrogen-bond acceptors (Lipinski definition) is 4. The number of hydrogen-bond donors (Lipinski definition) is 4. The Morgan fingerprint density at radius 3 is 2.87 bits per heavy atom. The molecule has 2 aliphatic rings. The average molecular weight is 420 g/mol. The van der Waals surface area contributed by atoms with Crippen LogP contribution in [0.5, 0.6) is 0 Å². The number of aryl methyl sites for hydroxylation is 1. The van der Waals surface area contributed by atoms with Crippen LogP contribution in [-0.4, -0.2) is 72.7 Å². The molecule has 0 aliphatic carbocycles. The van der Waals surface area contributed by atoms with Gasteiger partial charge in [0, 0.05) is 36.9 Å². The third-order valence-electron chi connectivity index (χ3n) is 6.53. The Bertz CT molecular complexity index is 792. The van der Waals surface area contributed by atoms with E-state index in [1.54, 1.807) is 14.0 Å². The van der Waals surface area contributed by atoms with Crippen LogP contribution in [0.3, 0.4) is 0 Å². The van der Waals surface area contributed by atoms with Crippen LogP contribution >= 0.6 is 0 Å². The lowest BCUT2D eigenvalue weighted by Gasteiger charge is -2.32. The van der Waals surface area contributed by atoms with Crippen LogP contribution in [-0.2, 0) is 9.59 Å². The highest BCUT2D eigenvalue weighted by molar-refractivity contribution is 5.90. The number of fused-ring (bicyclic) bond motifs is 1. The van der Waals surface area contributed by atoms with E-state index in [2.05, 4.69) is 20.9 Å². The largest absolute Gasteiger partial charge is 0.364 e. The van der Waals surface area contributed by atoms with Crippen molar-refractivity contribution >= 4 is 17.9 Å². The first-order valence-corrected chi connectivity index (χ1v) is 10.8. The number of carbonyl (C=O) groups is 2. The van der Waals surface area contributed by atoms with Crippen molar-refractivity contribution in [1.29, 1.82) is 0 Å². The summed E-state index contributed by atoms with van der Waals surface area (Å²) in [5.74, 6) is -0.0759. The number of nitrogens with zero attached hydrogens (tertiary/aromatic N) is 1. The zero-order valence-corrected chi connectivity index (χ0v) is 18.3. The third kappa shape index (κ3) is 4.30. The predicted molar refractivity (Wildman–Crippen MR) is 116 cm³/mol. The van der Waals surface area contributed by atoms with Gasteiger partial charge in [-0.3, -0.25) is 9.59 Å². The van der Waals surface area contributed by atoms with Crippen molar-refractivity contribution in [2.24, 2.45) is 0 Å². The lowest BCUT2D eigenvalue weighted by Crippen LogP contribution is -2.54. The molecule has 2 saturated heterocycles. The Morgan fingerprint density at radius 1 is 1.43 bits per heavy atom. The van der Waals surface area contributed by atoms with Crippen molar-refractivity contribution in [3.63, 3.8) is 0 Å². The average Bonchev–Trinajstić information content (AvgIpc) is 3.44. The first kappa shape index (κ1) is 22.5. The molecule has 166 valence electrons. The zero-order chi connectivity index (χ0) is 21.8. The Morgan fingerprint density at radius 2 is 2.20 bits per heavy atom. The lowest BCUT2D eigenvalue weighted by atomic mass is 9.89. The quantitative estimate of drug-likeness (QED) is 0.514. The van der Waals surface area contributed by atoms with Crippen LogP contribution in [0.2, 0.25) is 0 Å². The highest BCUT2D eigenvalue weighted by atomic mass is 19.1. The number of nitrogens with one attached hydrogen (secondary N) is 4. The van der Waals surface area contributed by atoms with Gasteiger partial charge in [-0.15, -0.1) is 0 Å². The first-order valence-electron chi connectivity index (χ1n) is 10.8. The van der Waals surface area contributed by atoms with Gasteiger partial charge in [0.15, 0.2) is 0 Å². The third-order valence-corrected chi connectivity index (χ3v) is 6.53. The summed E-state index contributed by atoms with van der Waals surface area (Å²) in [5.41, 5.74) is 3.11. The van der Waals surface area contributed by atoms with Gasteiger partial charge in [-0.25, -0.2) is 4.39 Å². The number of allylic oxidation sites excluding steroid dienone is 1. The van der Waals surface area contributed by atoms with E-state index in [1.807, 2.05) is 31.0 Å². The van der Waals surface area contributed by atoms with Gasteiger partial charge >= 0.3 is 0 Å². The number of carbonyl (C=O) groups excluding carboxylic acids is 2. The summed E-state index contributed by atoms with van der Waals surface area (Å²) < 4.78 is 12.7. The molecule has 3 heterocycles. The van der Waals surface area contributed by atoms with Crippen molar-refractivity contribution in [3.8, 4) is 0 Å². The second-order valence-corrected chi connectivity index (χ2v) is 8.25. The van der Waals surface area contributed by atoms with E-state index in [1.165, 1.54) is 6.08 Å². The molecule has 2 aliphatic heterocycles. The van der Waals surface area contributed by atoms with E-state index < -0.39 is 12.7 Å². The molecule has 0 radical (unpaired) electrons. The van der Waals surface area contributed by atoms with Gasteiger partial charge in [-0.1, -0.05) is 19.1 Å². The van der Waals surface area contributed by atoms with Crippen molar-refractivity contribution in [2.45, 2.75) is 63.7 Å². The molecule has 2 amide bonds. The van der Waals surface area contributed by atoms with Crippen LogP contribution in [0.25, 0.3) is 6.08 Å². The SMILES string of the molecule is CCC(NC(=O)C(C)NC)C(=O)N1CCC2NCC(c3c[nH]c(C)c3C=CCF)C21. The summed E-state index contributed by atoms with van der Waals surface area (Å²) in [6.07, 6.45) is 6.76. The lowest BCUT2D eigenvalue weighted by molar-refractivity contribution is -0.137. The molecule has 5 unspecified atom stereocenters. The van der Waals surface area contributed by atoms with Crippen molar-refractivity contribution in [3.05, 3.63) is 29.1 Å². The van der Waals surface area contributed by atoms with E-state index >= 15 is 0 Å². The van der Waals surface area contributed by atoms with Gasteiger partial charge in [-0.2, -0.15) is 0 Å². The number of aromatic nitrogens is 1. The Kier molecular flexibility index (Phi) is 7.31. The molecule has 2 fully saturated rings. The Hall–Kier alpha value is -2.19. The number of alkyl halides is 1. The summed E-state index contributed by atoms with van der Waals surface area (Å²) in [4.78, 5) is 30.9. The zero-order valence-electron chi connectivity index (χ0n) is 18.3. The summed E-state index contributed by atoms with van der Waals surface area (Å²) in [5, 5.41) is 9.38.